The molecule has 0 atom stereocenters. The highest BCUT2D eigenvalue weighted by molar-refractivity contribution is 6.35. The Bertz CT molecular complexity index is 533. The molecule has 2 aromatic rings. The molecule has 2 rings (SSSR count). The number of ether oxygens (including phenoxy) is 1. The zero-order valence-electron chi connectivity index (χ0n) is 9.65. The van der Waals surface area contributed by atoms with E-state index in [4.69, 9.17) is 11.6 Å². The molecule has 3 nitrogen and oxygen atoms in total. The highest BCUT2D eigenvalue weighted by Crippen LogP contribution is 2.24. The normalized spacial score (nSPS) is 10.7. The molecule has 1 heterocycles. The average molecular weight is 252 g/mol. The Balaban J connectivity index is 2.11. The number of carbonyl (C=O) groups is 1. The van der Waals surface area contributed by atoms with E-state index in [1.54, 1.807) is 0 Å². The Morgan fingerprint density at radius 2 is 2.24 bits per heavy atom. The second kappa shape index (κ2) is 5.23. The number of hydrogen-bond acceptors (Lipinski definition) is 2. The van der Waals surface area contributed by atoms with Gasteiger partial charge in [0.15, 0.2) is 0 Å². The number of methoxy groups -OCH3 is 1. The van der Waals surface area contributed by atoms with Crippen molar-refractivity contribution in [2.45, 2.75) is 19.4 Å². The summed E-state index contributed by atoms with van der Waals surface area (Å²) in [6.07, 6.45) is 3.18. The number of esters is 1. The maximum absolute atomic E-state index is 11.0. The van der Waals surface area contributed by atoms with Gasteiger partial charge in [-0.1, -0.05) is 23.7 Å². The van der Waals surface area contributed by atoms with Crippen LogP contribution in [0.5, 0.6) is 0 Å². The number of para-hydroxylation sites is 1. The summed E-state index contributed by atoms with van der Waals surface area (Å²) >= 11 is 6.16. The van der Waals surface area contributed by atoms with E-state index in [1.165, 1.54) is 7.11 Å². The third-order valence-corrected chi connectivity index (χ3v) is 3.05. The Hall–Kier alpha value is -1.48. The van der Waals surface area contributed by atoms with Gasteiger partial charge in [-0.25, -0.2) is 0 Å². The number of halogens is 1. The Morgan fingerprint density at radius 3 is 3.00 bits per heavy atom. The van der Waals surface area contributed by atoms with Gasteiger partial charge in [-0.05, 0) is 18.6 Å². The molecule has 0 fully saturated rings. The fourth-order valence-corrected chi connectivity index (χ4v) is 2.19. The molecule has 17 heavy (non-hydrogen) atoms. The minimum Gasteiger partial charge on any atom is -0.469 e. The van der Waals surface area contributed by atoms with Gasteiger partial charge in [-0.15, -0.1) is 0 Å². The summed E-state index contributed by atoms with van der Waals surface area (Å²) in [5.41, 5.74) is 1.03. The van der Waals surface area contributed by atoms with E-state index in [0.717, 1.165) is 28.9 Å². The van der Waals surface area contributed by atoms with Gasteiger partial charge in [0.1, 0.15) is 0 Å². The second-order valence-electron chi connectivity index (χ2n) is 3.87. The van der Waals surface area contributed by atoms with Crippen molar-refractivity contribution in [1.82, 2.24) is 4.57 Å². The molecule has 0 aliphatic carbocycles. The van der Waals surface area contributed by atoms with Gasteiger partial charge in [0.25, 0.3) is 0 Å². The first-order valence-electron chi connectivity index (χ1n) is 5.52. The van der Waals surface area contributed by atoms with Gasteiger partial charge in [0.2, 0.25) is 0 Å². The summed E-state index contributed by atoms with van der Waals surface area (Å²) in [6.45, 7) is 0.766. The number of fused-ring (bicyclic) bond motifs is 1. The summed E-state index contributed by atoms with van der Waals surface area (Å²) in [7, 11) is 1.41. The lowest BCUT2D eigenvalue weighted by molar-refractivity contribution is -0.140. The van der Waals surface area contributed by atoms with Gasteiger partial charge in [0, 0.05) is 24.5 Å². The molecule has 0 N–H and O–H groups in total. The minimum atomic E-state index is -0.174. The molecule has 90 valence electrons. The lowest BCUT2D eigenvalue weighted by atomic mass is 10.2. The Morgan fingerprint density at radius 1 is 1.41 bits per heavy atom. The second-order valence-corrected chi connectivity index (χ2v) is 4.27. The monoisotopic (exact) mass is 251 g/mol. The SMILES string of the molecule is COC(=O)CCCn1ccc2cccc(Cl)c21. The van der Waals surface area contributed by atoms with Crippen molar-refractivity contribution < 1.29 is 9.53 Å². The van der Waals surface area contributed by atoms with Crippen LogP contribution in [-0.2, 0) is 16.1 Å². The molecule has 1 aromatic carbocycles. The molecule has 0 unspecified atom stereocenters. The zero-order chi connectivity index (χ0) is 12.3. The molecule has 0 amide bonds. The van der Waals surface area contributed by atoms with Gasteiger partial charge >= 0.3 is 5.97 Å². The number of carbonyl (C=O) groups excluding carboxylic acids is 1. The molecule has 0 radical (unpaired) electrons. The van der Waals surface area contributed by atoms with Gasteiger partial charge in [0.05, 0.1) is 17.6 Å². The van der Waals surface area contributed by atoms with E-state index in [0.29, 0.717) is 6.42 Å². The molecule has 0 aliphatic heterocycles. The first-order valence-corrected chi connectivity index (χ1v) is 5.90. The number of hydrogen-bond donors (Lipinski definition) is 0. The Kier molecular flexibility index (Phi) is 3.69. The van der Waals surface area contributed by atoms with Crippen molar-refractivity contribution in [1.29, 1.82) is 0 Å². The fourth-order valence-electron chi connectivity index (χ4n) is 1.90. The lowest BCUT2D eigenvalue weighted by Gasteiger charge is -2.06. The molecule has 0 aliphatic rings. The van der Waals surface area contributed by atoms with Crippen LogP contribution >= 0.6 is 11.6 Å². The Labute approximate surface area is 105 Å². The molecule has 0 saturated carbocycles. The summed E-state index contributed by atoms with van der Waals surface area (Å²) in [6, 6.07) is 7.86. The van der Waals surface area contributed by atoms with E-state index in [2.05, 4.69) is 9.30 Å². The maximum Gasteiger partial charge on any atom is 0.305 e. The third kappa shape index (κ3) is 2.61. The number of rotatable bonds is 4. The van der Waals surface area contributed by atoms with Crippen molar-refractivity contribution in [3.63, 3.8) is 0 Å². The van der Waals surface area contributed by atoms with Gasteiger partial charge < -0.3 is 9.30 Å². The van der Waals surface area contributed by atoms with Crippen LogP contribution in [0.2, 0.25) is 5.02 Å². The zero-order valence-corrected chi connectivity index (χ0v) is 10.4. The van der Waals surface area contributed by atoms with Gasteiger partial charge in [-0.2, -0.15) is 0 Å². The van der Waals surface area contributed by atoms with Crippen molar-refractivity contribution in [3.05, 3.63) is 35.5 Å². The molecule has 0 bridgehead atoms. The van der Waals surface area contributed by atoms with E-state index in [1.807, 2.05) is 30.5 Å². The van der Waals surface area contributed by atoms with Crippen molar-refractivity contribution in [2.24, 2.45) is 0 Å². The fraction of sp³-hybridized carbons (Fsp3) is 0.308. The molecule has 1 aromatic heterocycles. The summed E-state index contributed by atoms with van der Waals surface area (Å²) in [4.78, 5) is 11.0. The summed E-state index contributed by atoms with van der Waals surface area (Å²) < 4.78 is 6.68. The minimum absolute atomic E-state index is 0.174. The van der Waals surface area contributed by atoms with E-state index >= 15 is 0 Å². The smallest absolute Gasteiger partial charge is 0.305 e. The first-order chi connectivity index (χ1) is 8.22. The summed E-state index contributed by atoms with van der Waals surface area (Å²) in [5.74, 6) is -0.174. The average Bonchev–Trinajstić information content (AvgIpc) is 2.74. The number of aromatic nitrogens is 1. The van der Waals surface area contributed by atoms with Crippen LogP contribution in [-0.4, -0.2) is 17.6 Å². The van der Waals surface area contributed by atoms with Crippen molar-refractivity contribution in [3.8, 4) is 0 Å². The van der Waals surface area contributed by atoms with E-state index in [-0.39, 0.29) is 5.97 Å². The third-order valence-electron chi connectivity index (χ3n) is 2.75. The predicted molar refractivity (Wildman–Crippen MR) is 68.2 cm³/mol. The van der Waals surface area contributed by atoms with Gasteiger partial charge in [-0.3, -0.25) is 4.79 Å². The number of aryl methyl sites for hydroxylation is 1. The lowest BCUT2D eigenvalue weighted by Crippen LogP contribution is -2.03. The molecule has 0 spiro atoms. The largest absolute Gasteiger partial charge is 0.469 e. The topological polar surface area (TPSA) is 31.2 Å². The standard InChI is InChI=1S/C13H14ClNO2/c1-17-12(16)6-3-8-15-9-7-10-4-2-5-11(14)13(10)15/h2,4-5,7,9H,3,6,8H2,1H3. The predicted octanol–water partition coefficient (Wildman–Crippen LogP) is 3.25. The molecular formula is C13H14ClNO2. The van der Waals surface area contributed by atoms with Crippen LogP contribution in [0, 0.1) is 0 Å². The highest BCUT2D eigenvalue weighted by Gasteiger charge is 2.05. The number of benzene rings is 1. The van der Waals surface area contributed by atoms with Crippen LogP contribution < -0.4 is 0 Å². The summed E-state index contributed by atoms with van der Waals surface area (Å²) in [5, 5.41) is 1.86. The molecule has 4 heteroatoms. The van der Waals surface area contributed by atoms with Crippen LogP contribution in [0.25, 0.3) is 10.9 Å². The quantitative estimate of drug-likeness (QED) is 0.781. The van der Waals surface area contributed by atoms with E-state index in [9.17, 15) is 4.79 Å². The van der Waals surface area contributed by atoms with Crippen LogP contribution in [0.1, 0.15) is 12.8 Å². The van der Waals surface area contributed by atoms with Crippen LogP contribution in [0.4, 0.5) is 0 Å². The van der Waals surface area contributed by atoms with Crippen molar-refractivity contribution >= 4 is 28.5 Å². The van der Waals surface area contributed by atoms with Crippen LogP contribution in [0.15, 0.2) is 30.5 Å². The van der Waals surface area contributed by atoms with Crippen LogP contribution in [0.3, 0.4) is 0 Å². The van der Waals surface area contributed by atoms with E-state index < -0.39 is 0 Å². The number of nitrogens with zero attached hydrogens (tertiary/aromatic N) is 1. The molecular weight excluding hydrogens is 238 g/mol. The first kappa shape index (κ1) is 12.0. The maximum atomic E-state index is 11.0. The molecule has 0 saturated heterocycles. The van der Waals surface area contributed by atoms with Crippen molar-refractivity contribution in [2.75, 3.05) is 7.11 Å². The highest BCUT2D eigenvalue weighted by atomic mass is 35.5.